The van der Waals surface area contributed by atoms with Crippen LogP contribution in [-0.2, 0) is 7.05 Å². The molecule has 0 aromatic carbocycles. The smallest absolute Gasteiger partial charge is 0.0947 e. The summed E-state index contributed by atoms with van der Waals surface area (Å²) in [5.41, 5.74) is 2.37. The first-order valence-electron chi connectivity index (χ1n) is 5.04. The van der Waals surface area contributed by atoms with Crippen molar-refractivity contribution in [1.29, 1.82) is 0 Å². The summed E-state index contributed by atoms with van der Waals surface area (Å²) >= 11 is 1.72. The summed E-state index contributed by atoms with van der Waals surface area (Å²) in [5.74, 6) is 0. The second kappa shape index (κ2) is 4.59. The minimum Gasteiger partial charge on any atom is -0.340 e. The van der Waals surface area contributed by atoms with E-state index >= 15 is 0 Å². The molecule has 0 spiro atoms. The van der Waals surface area contributed by atoms with E-state index in [-0.39, 0.29) is 6.04 Å². The number of imidazole rings is 1. The van der Waals surface area contributed by atoms with Crippen LogP contribution in [0.3, 0.4) is 0 Å². The van der Waals surface area contributed by atoms with Gasteiger partial charge in [0.25, 0.3) is 0 Å². The predicted octanol–water partition coefficient (Wildman–Crippen LogP) is 2.18. The third-order valence-corrected chi connectivity index (χ3v) is 3.01. The van der Waals surface area contributed by atoms with Crippen LogP contribution in [0.5, 0.6) is 0 Å². The van der Waals surface area contributed by atoms with Crippen LogP contribution in [0.25, 0.3) is 0 Å². The molecule has 0 saturated heterocycles. The minimum absolute atomic E-state index is 0.224. The summed E-state index contributed by atoms with van der Waals surface area (Å²) in [5, 5.41) is 7.71. The second-order valence-corrected chi connectivity index (χ2v) is 4.29. The van der Waals surface area contributed by atoms with E-state index in [0.717, 1.165) is 12.2 Å². The molecule has 0 bridgehead atoms. The van der Waals surface area contributed by atoms with Gasteiger partial charge in [-0.05, 0) is 28.9 Å². The number of nitrogens with zero attached hydrogens (tertiary/aromatic N) is 2. The third kappa shape index (κ3) is 2.27. The van der Waals surface area contributed by atoms with Gasteiger partial charge in [0.15, 0.2) is 0 Å². The lowest BCUT2D eigenvalue weighted by Crippen LogP contribution is -2.21. The summed E-state index contributed by atoms with van der Waals surface area (Å²) in [6.07, 6.45) is 3.90. The molecule has 1 atom stereocenters. The number of hydrogen-bond donors (Lipinski definition) is 1. The zero-order chi connectivity index (χ0) is 10.7. The zero-order valence-electron chi connectivity index (χ0n) is 8.97. The molecule has 2 aromatic rings. The molecule has 15 heavy (non-hydrogen) atoms. The largest absolute Gasteiger partial charge is 0.340 e. The highest BCUT2D eigenvalue weighted by Gasteiger charge is 2.15. The van der Waals surface area contributed by atoms with Gasteiger partial charge in [0.05, 0.1) is 18.1 Å². The lowest BCUT2D eigenvalue weighted by atomic mass is 10.1. The number of rotatable bonds is 4. The Morgan fingerprint density at radius 3 is 3.00 bits per heavy atom. The monoisotopic (exact) mass is 221 g/mol. The Labute approximate surface area is 93.8 Å². The van der Waals surface area contributed by atoms with Crippen LogP contribution in [0.4, 0.5) is 0 Å². The fraction of sp³-hybridized carbons (Fsp3) is 0.364. The molecule has 2 rings (SSSR count). The van der Waals surface area contributed by atoms with Crippen LogP contribution in [0.2, 0.25) is 0 Å². The van der Waals surface area contributed by atoms with Gasteiger partial charge in [-0.25, -0.2) is 4.98 Å². The van der Waals surface area contributed by atoms with Crippen molar-refractivity contribution >= 4 is 11.3 Å². The minimum atomic E-state index is 0.224. The molecule has 2 aromatic heterocycles. The van der Waals surface area contributed by atoms with Crippen LogP contribution >= 0.6 is 11.3 Å². The quantitative estimate of drug-likeness (QED) is 0.857. The van der Waals surface area contributed by atoms with Crippen molar-refractivity contribution in [3.63, 3.8) is 0 Å². The topological polar surface area (TPSA) is 29.9 Å². The van der Waals surface area contributed by atoms with Crippen molar-refractivity contribution in [2.24, 2.45) is 7.05 Å². The van der Waals surface area contributed by atoms with Crippen LogP contribution in [0, 0.1) is 0 Å². The van der Waals surface area contributed by atoms with E-state index in [1.165, 1.54) is 5.56 Å². The van der Waals surface area contributed by atoms with Gasteiger partial charge < -0.3 is 9.88 Å². The van der Waals surface area contributed by atoms with Crippen molar-refractivity contribution in [3.05, 3.63) is 40.6 Å². The fourth-order valence-electron chi connectivity index (χ4n) is 1.62. The summed E-state index contributed by atoms with van der Waals surface area (Å²) in [6, 6.07) is 2.37. The van der Waals surface area contributed by atoms with Gasteiger partial charge in [-0.15, -0.1) is 0 Å². The van der Waals surface area contributed by atoms with Crippen LogP contribution < -0.4 is 5.32 Å². The maximum atomic E-state index is 4.40. The van der Waals surface area contributed by atoms with Crippen LogP contribution in [0.1, 0.15) is 24.2 Å². The average molecular weight is 221 g/mol. The lowest BCUT2D eigenvalue weighted by molar-refractivity contribution is 0.619. The van der Waals surface area contributed by atoms with Gasteiger partial charge in [0.1, 0.15) is 0 Å². The molecule has 1 unspecified atom stereocenters. The Balaban J connectivity index is 2.27. The van der Waals surface area contributed by atoms with E-state index in [1.54, 1.807) is 11.3 Å². The van der Waals surface area contributed by atoms with Crippen molar-refractivity contribution in [3.8, 4) is 0 Å². The Morgan fingerprint density at radius 1 is 1.60 bits per heavy atom. The van der Waals surface area contributed by atoms with Crippen LogP contribution in [0.15, 0.2) is 29.4 Å². The van der Waals surface area contributed by atoms with Crippen molar-refractivity contribution < 1.29 is 0 Å². The van der Waals surface area contributed by atoms with Crippen LogP contribution in [-0.4, -0.2) is 16.1 Å². The second-order valence-electron chi connectivity index (χ2n) is 3.51. The Morgan fingerprint density at radius 2 is 2.47 bits per heavy atom. The van der Waals surface area contributed by atoms with E-state index in [0.29, 0.717) is 0 Å². The summed E-state index contributed by atoms with van der Waals surface area (Å²) in [7, 11) is 1.99. The number of aryl methyl sites for hydroxylation is 1. The molecule has 0 fully saturated rings. The number of nitrogens with one attached hydrogen (secondary N) is 1. The average Bonchev–Trinajstić information content (AvgIpc) is 2.85. The standard InChI is InChI=1S/C11H15N3S/c1-3-12-11(9-4-5-15-7-9)10-6-14(2)8-13-10/h4-8,11-12H,3H2,1-2H3. The Hall–Kier alpha value is -1.13. The molecule has 0 aliphatic heterocycles. The van der Waals surface area contributed by atoms with Crippen molar-refractivity contribution in [1.82, 2.24) is 14.9 Å². The third-order valence-electron chi connectivity index (χ3n) is 2.31. The first-order valence-corrected chi connectivity index (χ1v) is 5.99. The highest BCUT2D eigenvalue weighted by atomic mass is 32.1. The molecule has 1 N–H and O–H groups in total. The molecule has 80 valence electrons. The van der Waals surface area contributed by atoms with E-state index in [4.69, 9.17) is 0 Å². The van der Waals surface area contributed by atoms with E-state index in [2.05, 4.69) is 40.2 Å². The Kier molecular flexibility index (Phi) is 3.18. The highest BCUT2D eigenvalue weighted by molar-refractivity contribution is 7.08. The first-order chi connectivity index (χ1) is 7.31. The highest BCUT2D eigenvalue weighted by Crippen LogP contribution is 2.22. The summed E-state index contributed by atoms with van der Waals surface area (Å²) in [4.78, 5) is 4.40. The van der Waals surface area contributed by atoms with Gasteiger partial charge in [-0.3, -0.25) is 0 Å². The molecule has 0 saturated carbocycles. The van der Waals surface area contributed by atoms with Crippen molar-refractivity contribution in [2.75, 3.05) is 6.54 Å². The zero-order valence-corrected chi connectivity index (χ0v) is 9.79. The molecular formula is C11H15N3S. The predicted molar refractivity (Wildman–Crippen MR) is 63.0 cm³/mol. The molecule has 4 heteroatoms. The molecule has 3 nitrogen and oxygen atoms in total. The molecule has 2 heterocycles. The van der Waals surface area contributed by atoms with E-state index < -0.39 is 0 Å². The van der Waals surface area contributed by atoms with Gasteiger partial charge in [0, 0.05) is 13.2 Å². The molecule has 0 aliphatic carbocycles. The Bertz CT molecular complexity index is 405. The van der Waals surface area contributed by atoms with Gasteiger partial charge in [-0.2, -0.15) is 11.3 Å². The maximum Gasteiger partial charge on any atom is 0.0947 e. The number of aromatic nitrogens is 2. The fourth-order valence-corrected chi connectivity index (χ4v) is 2.30. The SMILES string of the molecule is CCNC(c1ccsc1)c1cn(C)cn1. The normalized spacial score (nSPS) is 12.9. The van der Waals surface area contributed by atoms with E-state index in [9.17, 15) is 0 Å². The van der Waals surface area contributed by atoms with Gasteiger partial charge >= 0.3 is 0 Å². The summed E-state index contributed by atoms with van der Waals surface area (Å²) in [6.45, 7) is 3.05. The number of hydrogen-bond acceptors (Lipinski definition) is 3. The first kappa shape index (κ1) is 10.4. The number of thiophene rings is 1. The molecule has 0 amide bonds. The summed E-state index contributed by atoms with van der Waals surface area (Å²) < 4.78 is 1.98. The molecule has 0 radical (unpaired) electrons. The van der Waals surface area contributed by atoms with Crippen molar-refractivity contribution in [2.45, 2.75) is 13.0 Å². The van der Waals surface area contributed by atoms with Gasteiger partial charge in [0.2, 0.25) is 0 Å². The molecular weight excluding hydrogens is 206 g/mol. The lowest BCUT2D eigenvalue weighted by Gasteiger charge is -2.13. The maximum absolute atomic E-state index is 4.40. The molecule has 0 aliphatic rings. The van der Waals surface area contributed by atoms with Gasteiger partial charge in [-0.1, -0.05) is 6.92 Å². The van der Waals surface area contributed by atoms with E-state index in [1.807, 2.05) is 17.9 Å².